The minimum Gasteiger partial charge on any atom is -0.469 e. The van der Waals surface area contributed by atoms with Crippen molar-refractivity contribution in [1.82, 2.24) is 0 Å². The SMILES string of the molecule is COC(=O)CC1CC2CC1C1C3CC(CC(C)(CO)C3)C21. The molecule has 0 aromatic carbocycles. The number of methoxy groups -OCH3 is 1. The van der Waals surface area contributed by atoms with E-state index in [9.17, 15) is 9.90 Å². The van der Waals surface area contributed by atoms with Crippen LogP contribution in [0.25, 0.3) is 0 Å². The summed E-state index contributed by atoms with van der Waals surface area (Å²) in [5.74, 6) is 5.56. The minimum atomic E-state index is -0.0229. The molecule has 4 aliphatic rings. The van der Waals surface area contributed by atoms with Crippen molar-refractivity contribution in [2.45, 2.75) is 45.4 Å². The van der Waals surface area contributed by atoms with Crippen molar-refractivity contribution in [3.05, 3.63) is 0 Å². The van der Waals surface area contributed by atoms with Crippen LogP contribution in [0.2, 0.25) is 0 Å². The highest BCUT2D eigenvalue weighted by Gasteiger charge is 2.63. The van der Waals surface area contributed by atoms with E-state index in [1.165, 1.54) is 39.2 Å². The second-order valence-corrected chi connectivity index (χ2v) is 8.72. The van der Waals surface area contributed by atoms with Gasteiger partial charge in [0.25, 0.3) is 0 Å². The number of aliphatic hydroxyl groups is 1. The molecule has 3 nitrogen and oxygen atoms in total. The monoisotopic (exact) mass is 292 g/mol. The topological polar surface area (TPSA) is 46.5 Å². The zero-order valence-electron chi connectivity index (χ0n) is 13.3. The van der Waals surface area contributed by atoms with Crippen LogP contribution in [0.15, 0.2) is 0 Å². The molecule has 0 radical (unpaired) electrons. The number of carbonyl (C=O) groups excluding carboxylic acids is 1. The number of esters is 1. The number of ether oxygens (including phenoxy) is 1. The Morgan fingerprint density at radius 3 is 2.52 bits per heavy atom. The fourth-order valence-electron chi connectivity index (χ4n) is 7.10. The van der Waals surface area contributed by atoms with E-state index in [1.807, 2.05) is 0 Å². The van der Waals surface area contributed by atoms with E-state index >= 15 is 0 Å². The molecule has 0 spiro atoms. The van der Waals surface area contributed by atoms with Gasteiger partial charge < -0.3 is 9.84 Å². The molecule has 0 aromatic heterocycles. The molecule has 0 heterocycles. The van der Waals surface area contributed by atoms with Crippen LogP contribution in [0, 0.1) is 46.8 Å². The number of hydrogen-bond acceptors (Lipinski definition) is 3. The maximum atomic E-state index is 11.7. The lowest BCUT2D eigenvalue weighted by atomic mass is 9.68. The first kappa shape index (κ1) is 14.0. The van der Waals surface area contributed by atoms with E-state index in [0.29, 0.717) is 18.9 Å². The number of aliphatic hydroxyl groups excluding tert-OH is 1. The largest absolute Gasteiger partial charge is 0.469 e. The fourth-order valence-corrected chi connectivity index (χ4v) is 7.10. The van der Waals surface area contributed by atoms with Gasteiger partial charge in [-0.3, -0.25) is 4.79 Å². The molecule has 4 aliphatic carbocycles. The van der Waals surface area contributed by atoms with E-state index in [4.69, 9.17) is 4.74 Å². The lowest BCUT2D eigenvalue weighted by Crippen LogP contribution is -2.32. The van der Waals surface area contributed by atoms with Gasteiger partial charge in [-0.1, -0.05) is 6.92 Å². The highest BCUT2D eigenvalue weighted by molar-refractivity contribution is 5.69. The Morgan fingerprint density at radius 1 is 1.14 bits per heavy atom. The van der Waals surface area contributed by atoms with Gasteiger partial charge >= 0.3 is 5.97 Å². The van der Waals surface area contributed by atoms with Crippen LogP contribution in [0.3, 0.4) is 0 Å². The zero-order valence-corrected chi connectivity index (χ0v) is 13.3. The Labute approximate surface area is 127 Å². The standard InChI is InChI=1S/C18H28O3/c1-18(9-19)7-12-4-13(8-18)17-14-5-11(16(12)17)3-10(14)6-15(20)21-2/h10-14,16-17,19H,3-9H2,1-2H3. The predicted molar refractivity (Wildman–Crippen MR) is 79.3 cm³/mol. The van der Waals surface area contributed by atoms with Crippen molar-refractivity contribution in [2.24, 2.45) is 46.8 Å². The van der Waals surface area contributed by atoms with Gasteiger partial charge in [-0.05, 0) is 78.9 Å². The molecular weight excluding hydrogens is 264 g/mol. The average molecular weight is 292 g/mol. The molecule has 0 saturated heterocycles. The smallest absolute Gasteiger partial charge is 0.305 e. The molecule has 0 aliphatic heterocycles. The summed E-state index contributed by atoms with van der Waals surface area (Å²) in [6, 6.07) is 0. The summed E-state index contributed by atoms with van der Waals surface area (Å²) >= 11 is 0. The lowest BCUT2D eigenvalue weighted by molar-refractivity contribution is -0.142. The number of carbonyl (C=O) groups is 1. The fraction of sp³-hybridized carbons (Fsp3) is 0.944. The van der Waals surface area contributed by atoms with E-state index in [0.717, 1.165) is 35.5 Å². The molecule has 4 saturated carbocycles. The molecule has 8 atom stereocenters. The van der Waals surface area contributed by atoms with E-state index in [-0.39, 0.29) is 11.4 Å². The van der Waals surface area contributed by atoms with Crippen molar-refractivity contribution >= 4 is 5.97 Å². The molecule has 4 bridgehead atoms. The van der Waals surface area contributed by atoms with Crippen molar-refractivity contribution in [2.75, 3.05) is 13.7 Å². The minimum absolute atomic E-state index is 0.0229. The molecule has 4 fully saturated rings. The molecule has 3 heteroatoms. The third-order valence-corrected chi connectivity index (χ3v) is 7.51. The van der Waals surface area contributed by atoms with E-state index < -0.39 is 0 Å². The first-order valence-electron chi connectivity index (χ1n) is 8.72. The summed E-state index contributed by atoms with van der Waals surface area (Å²) in [4.78, 5) is 11.7. The molecule has 8 unspecified atom stereocenters. The molecule has 0 aromatic rings. The van der Waals surface area contributed by atoms with Gasteiger partial charge in [0.05, 0.1) is 7.11 Å². The van der Waals surface area contributed by atoms with Crippen molar-refractivity contribution in [1.29, 1.82) is 0 Å². The van der Waals surface area contributed by atoms with Crippen LogP contribution in [0.4, 0.5) is 0 Å². The third kappa shape index (κ3) is 1.99. The number of fused-ring (bicyclic) bond motifs is 9. The van der Waals surface area contributed by atoms with E-state index in [2.05, 4.69) is 6.92 Å². The lowest BCUT2D eigenvalue weighted by Gasteiger charge is -2.38. The van der Waals surface area contributed by atoms with Crippen LogP contribution < -0.4 is 0 Å². The molecule has 4 rings (SSSR count). The quantitative estimate of drug-likeness (QED) is 0.642. The molecule has 1 N–H and O–H groups in total. The first-order chi connectivity index (χ1) is 10.0. The van der Waals surface area contributed by atoms with Crippen LogP contribution in [-0.4, -0.2) is 24.8 Å². The first-order valence-corrected chi connectivity index (χ1v) is 8.72. The van der Waals surface area contributed by atoms with Crippen molar-refractivity contribution in [3.63, 3.8) is 0 Å². The highest BCUT2D eigenvalue weighted by atomic mass is 16.5. The predicted octanol–water partition coefficient (Wildman–Crippen LogP) is 2.87. The van der Waals surface area contributed by atoms with Gasteiger partial charge in [0.1, 0.15) is 0 Å². The van der Waals surface area contributed by atoms with Gasteiger partial charge in [0, 0.05) is 13.0 Å². The molecule has 0 amide bonds. The Hall–Kier alpha value is -0.570. The molecular formula is C18H28O3. The van der Waals surface area contributed by atoms with Crippen molar-refractivity contribution in [3.8, 4) is 0 Å². The van der Waals surface area contributed by atoms with Crippen LogP contribution in [-0.2, 0) is 9.53 Å². The van der Waals surface area contributed by atoms with Gasteiger partial charge in [0.15, 0.2) is 0 Å². The summed E-state index contributed by atoms with van der Waals surface area (Å²) in [5.41, 5.74) is 0.162. The zero-order chi connectivity index (χ0) is 14.8. The van der Waals surface area contributed by atoms with Crippen LogP contribution in [0.1, 0.15) is 45.4 Å². The third-order valence-electron chi connectivity index (χ3n) is 7.51. The van der Waals surface area contributed by atoms with E-state index in [1.54, 1.807) is 0 Å². The normalized spacial score (nSPS) is 53.8. The van der Waals surface area contributed by atoms with Gasteiger partial charge in [0.2, 0.25) is 0 Å². The van der Waals surface area contributed by atoms with Crippen molar-refractivity contribution < 1.29 is 14.6 Å². The molecule has 118 valence electrons. The van der Waals surface area contributed by atoms with Crippen LogP contribution in [0.5, 0.6) is 0 Å². The number of hydrogen-bond donors (Lipinski definition) is 1. The number of rotatable bonds is 3. The Kier molecular flexibility index (Phi) is 3.15. The summed E-state index contributed by atoms with van der Waals surface area (Å²) in [6.45, 7) is 2.63. The van der Waals surface area contributed by atoms with Gasteiger partial charge in [-0.2, -0.15) is 0 Å². The Morgan fingerprint density at radius 2 is 1.86 bits per heavy atom. The summed E-state index contributed by atoms with van der Waals surface area (Å²) in [6.07, 6.45) is 7.07. The summed E-state index contributed by atoms with van der Waals surface area (Å²) in [5, 5.41) is 9.77. The van der Waals surface area contributed by atoms with Crippen LogP contribution >= 0.6 is 0 Å². The van der Waals surface area contributed by atoms with Gasteiger partial charge in [-0.15, -0.1) is 0 Å². The Bertz CT molecular complexity index is 448. The maximum Gasteiger partial charge on any atom is 0.305 e. The Balaban J connectivity index is 1.54. The average Bonchev–Trinajstić information content (AvgIpc) is 3.10. The van der Waals surface area contributed by atoms with Gasteiger partial charge in [-0.25, -0.2) is 0 Å². The maximum absolute atomic E-state index is 11.7. The molecule has 21 heavy (non-hydrogen) atoms. The summed E-state index contributed by atoms with van der Waals surface area (Å²) in [7, 11) is 1.51. The summed E-state index contributed by atoms with van der Waals surface area (Å²) < 4.78 is 4.90. The highest BCUT2D eigenvalue weighted by Crippen LogP contribution is 2.69. The second-order valence-electron chi connectivity index (χ2n) is 8.72. The second kappa shape index (κ2) is 4.71.